The van der Waals surface area contributed by atoms with Crippen molar-refractivity contribution in [2.24, 2.45) is 0 Å². The minimum Gasteiger partial charge on any atom is -0.494 e. The lowest BCUT2D eigenvalue weighted by atomic mass is 10.1. The van der Waals surface area contributed by atoms with E-state index in [4.69, 9.17) is 14.2 Å². The van der Waals surface area contributed by atoms with Crippen LogP contribution in [0.2, 0.25) is 0 Å². The molecule has 1 aliphatic heterocycles. The first kappa shape index (κ1) is 18.7. The molecule has 2 aromatic carbocycles. The van der Waals surface area contributed by atoms with Crippen molar-refractivity contribution in [2.45, 2.75) is 19.9 Å². The summed E-state index contributed by atoms with van der Waals surface area (Å²) in [6.07, 6.45) is 1.04. The zero-order valence-electron chi connectivity index (χ0n) is 15.7. The fraction of sp³-hybridized carbons (Fsp3) is 0.455. The fourth-order valence-corrected chi connectivity index (χ4v) is 3.55. The van der Waals surface area contributed by atoms with Crippen LogP contribution in [0.15, 0.2) is 54.6 Å². The topological polar surface area (TPSA) is 27.7 Å². The summed E-state index contributed by atoms with van der Waals surface area (Å²) < 4.78 is 18.1. The molecule has 1 saturated heterocycles. The molecule has 0 radical (unpaired) electrons. The Kier molecular flexibility index (Phi) is 6.92. The van der Waals surface area contributed by atoms with Gasteiger partial charge in [-0.15, -0.1) is 0 Å². The molecule has 0 saturated carbocycles. The molecule has 3 rings (SSSR count). The van der Waals surface area contributed by atoms with E-state index in [1.54, 1.807) is 0 Å². The Morgan fingerprint density at radius 3 is 2.19 bits per heavy atom. The molecule has 1 heterocycles. The lowest BCUT2D eigenvalue weighted by Gasteiger charge is -2.41. The van der Waals surface area contributed by atoms with E-state index in [0.29, 0.717) is 6.61 Å². The van der Waals surface area contributed by atoms with Gasteiger partial charge in [0.25, 0.3) is 0 Å². The van der Waals surface area contributed by atoms with Crippen LogP contribution in [0.3, 0.4) is 0 Å². The molecular weight excluding hydrogens is 326 g/mol. The van der Waals surface area contributed by atoms with E-state index in [-0.39, 0.29) is 0 Å². The van der Waals surface area contributed by atoms with Gasteiger partial charge in [0.15, 0.2) is 0 Å². The highest BCUT2D eigenvalue weighted by Crippen LogP contribution is 2.20. The number of hydrogen-bond acceptors (Lipinski definition) is 3. The van der Waals surface area contributed by atoms with E-state index in [1.165, 1.54) is 5.56 Å². The predicted molar refractivity (Wildman–Crippen MR) is 104 cm³/mol. The van der Waals surface area contributed by atoms with E-state index in [1.807, 2.05) is 31.2 Å². The third kappa shape index (κ3) is 5.48. The number of quaternary nitrogens is 1. The van der Waals surface area contributed by atoms with Crippen molar-refractivity contribution >= 4 is 0 Å². The normalized spacial score (nSPS) is 16.2. The second-order valence-electron chi connectivity index (χ2n) is 6.87. The summed E-state index contributed by atoms with van der Waals surface area (Å²) in [6, 6.07) is 18.7. The third-order valence-corrected chi connectivity index (χ3v) is 4.96. The highest BCUT2D eigenvalue weighted by atomic mass is 16.5. The van der Waals surface area contributed by atoms with Crippen LogP contribution in [0, 0.1) is 0 Å². The first-order valence-corrected chi connectivity index (χ1v) is 9.62. The van der Waals surface area contributed by atoms with Gasteiger partial charge in [-0.2, -0.15) is 0 Å². The van der Waals surface area contributed by atoms with Gasteiger partial charge in [0.1, 0.15) is 31.1 Å². The van der Waals surface area contributed by atoms with Gasteiger partial charge in [-0.05, 0) is 31.2 Å². The summed E-state index contributed by atoms with van der Waals surface area (Å²) in [4.78, 5) is 0. The van der Waals surface area contributed by atoms with Crippen molar-refractivity contribution in [1.82, 2.24) is 0 Å². The molecule has 1 fully saturated rings. The predicted octanol–water partition coefficient (Wildman–Crippen LogP) is 3.90. The second kappa shape index (κ2) is 9.60. The molecule has 26 heavy (non-hydrogen) atoms. The molecule has 0 aliphatic carbocycles. The monoisotopic (exact) mass is 356 g/mol. The molecule has 0 N–H and O–H groups in total. The van der Waals surface area contributed by atoms with E-state index in [2.05, 4.69) is 30.3 Å². The molecular formula is C22H30NO3+. The summed E-state index contributed by atoms with van der Waals surface area (Å²) in [5.41, 5.74) is 1.40. The van der Waals surface area contributed by atoms with Crippen molar-refractivity contribution < 1.29 is 18.7 Å². The van der Waals surface area contributed by atoms with Crippen molar-refractivity contribution in [3.05, 3.63) is 60.2 Å². The third-order valence-electron chi connectivity index (χ3n) is 4.96. The van der Waals surface area contributed by atoms with Gasteiger partial charge < -0.3 is 18.7 Å². The maximum atomic E-state index is 5.93. The van der Waals surface area contributed by atoms with Crippen molar-refractivity contribution in [1.29, 1.82) is 0 Å². The highest BCUT2D eigenvalue weighted by molar-refractivity contribution is 5.31. The van der Waals surface area contributed by atoms with Crippen LogP contribution in [0.25, 0.3) is 0 Å². The number of nitrogens with zero attached hydrogens (tertiary/aromatic N) is 1. The van der Waals surface area contributed by atoms with Gasteiger partial charge in [0.2, 0.25) is 0 Å². The number of ether oxygens (including phenoxy) is 3. The van der Waals surface area contributed by atoms with E-state index < -0.39 is 0 Å². The Labute approximate surface area is 156 Å². The molecule has 0 spiro atoms. The average molecular weight is 356 g/mol. The van der Waals surface area contributed by atoms with Crippen LogP contribution in [0.5, 0.6) is 11.5 Å². The number of benzene rings is 2. The molecule has 0 atom stereocenters. The Morgan fingerprint density at radius 2 is 1.54 bits per heavy atom. The summed E-state index contributed by atoms with van der Waals surface area (Å²) in [5.74, 6) is 1.80. The molecule has 4 nitrogen and oxygen atoms in total. The zero-order chi connectivity index (χ0) is 18.1. The molecule has 4 heteroatoms. The molecule has 0 unspecified atom stereocenters. The van der Waals surface area contributed by atoms with E-state index in [9.17, 15) is 0 Å². The largest absolute Gasteiger partial charge is 0.494 e. The van der Waals surface area contributed by atoms with Crippen molar-refractivity contribution in [3.63, 3.8) is 0 Å². The standard InChI is InChI=1S/C22H30NO3/c1-2-25-21-9-11-22(12-10-21)26-16-6-13-23(14-17-24-18-15-23)19-20-7-4-3-5-8-20/h3-5,7-12H,2,6,13-19H2,1H3/q+1. The van der Waals surface area contributed by atoms with Gasteiger partial charge in [0, 0.05) is 12.0 Å². The summed E-state index contributed by atoms with van der Waals surface area (Å²) >= 11 is 0. The van der Waals surface area contributed by atoms with Crippen molar-refractivity contribution in [2.75, 3.05) is 46.1 Å². The Morgan fingerprint density at radius 1 is 0.885 bits per heavy atom. The van der Waals surface area contributed by atoms with Gasteiger partial charge in [-0.1, -0.05) is 30.3 Å². The molecule has 140 valence electrons. The van der Waals surface area contributed by atoms with E-state index in [0.717, 1.165) is 68.4 Å². The van der Waals surface area contributed by atoms with Crippen LogP contribution in [0.4, 0.5) is 0 Å². The van der Waals surface area contributed by atoms with Crippen molar-refractivity contribution in [3.8, 4) is 11.5 Å². The molecule has 1 aliphatic rings. The van der Waals surface area contributed by atoms with Gasteiger partial charge in [-0.25, -0.2) is 0 Å². The maximum Gasteiger partial charge on any atom is 0.119 e. The summed E-state index contributed by atoms with van der Waals surface area (Å²) in [5, 5.41) is 0. The van der Waals surface area contributed by atoms with Crippen LogP contribution in [-0.4, -0.2) is 50.5 Å². The van der Waals surface area contributed by atoms with Crippen LogP contribution >= 0.6 is 0 Å². The first-order valence-electron chi connectivity index (χ1n) is 9.62. The number of rotatable bonds is 9. The fourth-order valence-electron chi connectivity index (χ4n) is 3.55. The maximum absolute atomic E-state index is 5.93. The Balaban J connectivity index is 1.50. The highest BCUT2D eigenvalue weighted by Gasteiger charge is 2.30. The lowest BCUT2D eigenvalue weighted by Crippen LogP contribution is -2.55. The van der Waals surface area contributed by atoms with Gasteiger partial charge in [-0.3, -0.25) is 0 Å². The van der Waals surface area contributed by atoms with E-state index >= 15 is 0 Å². The van der Waals surface area contributed by atoms with Gasteiger partial charge >= 0.3 is 0 Å². The second-order valence-corrected chi connectivity index (χ2v) is 6.87. The minimum absolute atomic E-state index is 0.686. The molecule has 0 aromatic heterocycles. The van der Waals surface area contributed by atoms with Gasteiger partial charge in [0.05, 0.1) is 33.0 Å². The molecule has 2 aromatic rings. The summed E-state index contributed by atoms with van der Waals surface area (Å²) in [6.45, 7) is 9.48. The first-order chi connectivity index (χ1) is 12.8. The zero-order valence-corrected chi connectivity index (χ0v) is 15.7. The number of morpholine rings is 1. The smallest absolute Gasteiger partial charge is 0.119 e. The van der Waals surface area contributed by atoms with Crippen LogP contribution < -0.4 is 9.47 Å². The molecule has 0 amide bonds. The SMILES string of the molecule is CCOc1ccc(OCCC[N+]2(Cc3ccccc3)CCOCC2)cc1. The quantitative estimate of drug-likeness (QED) is 0.504. The van der Waals surface area contributed by atoms with Crippen LogP contribution in [-0.2, 0) is 11.3 Å². The molecule has 0 bridgehead atoms. The lowest BCUT2D eigenvalue weighted by molar-refractivity contribution is -0.947. The Bertz CT molecular complexity index is 636. The minimum atomic E-state index is 0.686. The summed E-state index contributed by atoms with van der Waals surface area (Å²) in [7, 11) is 0. The van der Waals surface area contributed by atoms with Crippen LogP contribution in [0.1, 0.15) is 18.9 Å². The number of hydrogen-bond donors (Lipinski definition) is 0. The Hall–Kier alpha value is -2.04. The average Bonchev–Trinajstić information content (AvgIpc) is 2.68.